The van der Waals surface area contributed by atoms with Gasteiger partial charge in [0.2, 0.25) is 0 Å². The highest BCUT2D eigenvalue weighted by Crippen LogP contribution is 2.75. The number of carbonyl (C=O) groups excluding carboxylic acids is 2. The van der Waals surface area contributed by atoms with Gasteiger partial charge in [0.05, 0.1) is 36.4 Å². The first-order chi connectivity index (χ1) is 26.4. The molecule has 4 N–H and O–H groups in total. The molecule has 302 valence electrons. The summed E-state index contributed by atoms with van der Waals surface area (Å²) in [6.45, 7) is 13.0. The molecular formula is C48H62O8. The van der Waals surface area contributed by atoms with Gasteiger partial charge in [-0.1, -0.05) is 114 Å². The number of aliphatic hydroxyl groups is 4. The van der Waals surface area contributed by atoms with Crippen LogP contribution in [0, 0.1) is 50.2 Å². The predicted octanol–water partition coefficient (Wildman–Crippen LogP) is 7.55. The molecule has 56 heavy (non-hydrogen) atoms. The molecule has 12 atom stereocenters. The second-order valence-electron chi connectivity index (χ2n) is 19.5. The molecule has 0 amide bonds. The number of rotatable bonds is 8. The van der Waals surface area contributed by atoms with Crippen molar-refractivity contribution in [3.63, 3.8) is 0 Å². The smallest absolute Gasteiger partial charge is 0.330 e. The lowest BCUT2D eigenvalue weighted by molar-refractivity contribution is -0.260. The van der Waals surface area contributed by atoms with E-state index in [0.717, 1.165) is 36.8 Å². The first-order valence-electron chi connectivity index (χ1n) is 20.6. The first kappa shape index (κ1) is 40.6. The van der Waals surface area contributed by atoms with Crippen LogP contribution in [-0.2, 0) is 19.1 Å². The average molecular weight is 767 g/mol. The van der Waals surface area contributed by atoms with Crippen molar-refractivity contribution in [1.82, 2.24) is 0 Å². The summed E-state index contributed by atoms with van der Waals surface area (Å²) in [6, 6.07) is 19.1. The maximum Gasteiger partial charge on any atom is 0.330 e. The molecule has 0 saturated heterocycles. The highest BCUT2D eigenvalue weighted by Gasteiger charge is 2.72. The van der Waals surface area contributed by atoms with Crippen molar-refractivity contribution >= 4 is 24.1 Å². The van der Waals surface area contributed by atoms with Gasteiger partial charge in [-0.25, -0.2) is 9.59 Å². The van der Waals surface area contributed by atoms with Crippen LogP contribution in [0.4, 0.5) is 0 Å². The summed E-state index contributed by atoms with van der Waals surface area (Å²) < 4.78 is 11.8. The van der Waals surface area contributed by atoms with Gasteiger partial charge in [-0.3, -0.25) is 0 Å². The fourth-order valence-corrected chi connectivity index (χ4v) is 12.9. The summed E-state index contributed by atoms with van der Waals surface area (Å²) in [5.41, 5.74) is -0.489. The minimum absolute atomic E-state index is 0.0998. The lowest BCUT2D eigenvalue weighted by Gasteiger charge is -2.72. The Kier molecular flexibility index (Phi) is 10.6. The van der Waals surface area contributed by atoms with E-state index in [-0.39, 0.29) is 41.8 Å². The minimum atomic E-state index is -1.31. The van der Waals surface area contributed by atoms with Crippen LogP contribution < -0.4 is 0 Å². The quantitative estimate of drug-likeness (QED) is 0.123. The molecule has 0 radical (unpaired) electrons. The van der Waals surface area contributed by atoms with Gasteiger partial charge >= 0.3 is 11.9 Å². The standard InChI is InChI=1S/C48H62O8/c1-43(2)27-34-33-19-20-36-44(3)25-24-37(49)45(4,29-55-39(51)21-17-31-13-9-7-10-14-31)35(44)23-26-46(36,5)47(33,6)28-38(50)48(34,42(54)41(43)53)30-56-40(52)22-18-32-15-11-8-12-16-32/h7-19,21-22,34-38,41-42,49-50,53-54H,20,23-30H2,1-6H3/t34?,35?,36?,37-,38+,41-,42-,44-,45+,46+,47+,48-/m0/s1. The van der Waals surface area contributed by atoms with Crippen molar-refractivity contribution in [2.24, 2.45) is 50.2 Å². The van der Waals surface area contributed by atoms with Gasteiger partial charge in [0.15, 0.2) is 0 Å². The van der Waals surface area contributed by atoms with E-state index in [0.29, 0.717) is 19.3 Å². The summed E-state index contributed by atoms with van der Waals surface area (Å²) in [5, 5.41) is 47.7. The molecule has 7 rings (SSSR count). The third kappa shape index (κ3) is 6.43. The van der Waals surface area contributed by atoms with Crippen LogP contribution in [-0.4, -0.2) is 70.0 Å². The van der Waals surface area contributed by atoms with Crippen molar-refractivity contribution in [3.05, 3.63) is 95.6 Å². The summed E-state index contributed by atoms with van der Waals surface area (Å²) in [4.78, 5) is 26.1. The van der Waals surface area contributed by atoms with E-state index in [1.54, 1.807) is 12.2 Å². The number of ether oxygens (including phenoxy) is 2. The van der Waals surface area contributed by atoms with E-state index >= 15 is 0 Å². The van der Waals surface area contributed by atoms with E-state index < -0.39 is 58.0 Å². The number of benzene rings is 2. The van der Waals surface area contributed by atoms with Crippen molar-refractivity contribution < 1.29 is 39.5 Å². The number of fused-ring (bicyclic) bond motifs is 7. The van der Waals surface area contributed by atoms with Crippen LogP contribution >= 0.6 is 0 Å². The second kappa shape index (κ2) is 14.7. The highest BCUT2D eigenvalue weighted by molar-refractivity contribution is 5.87. The fraction of sp³-hybridized carbons (Fsp3) is 0.583. The van der Waals surface area contributed by atoms with Gasteiger partial charge in [0.1, 0.15) is 6.61 Å². The average Bonchev–Trinajstić information content (AvgIpc) is 3.17. The molecule has 8 heteroatoms. The molecule has 0 spiro atoms. The molecule has 4 saturated carbocycles. The maximum absolute atomic E-state index is 13.2. The Morgan fingerprint density at radius 3 is 1.86 bits per heavy atom. The zero-order chi connectivity index (χ0) is 40.3. The number of carbonyl (C=O) groups is 2. The first-order valence-corrected chi connectivity index (χ1v) is 20.6. The van der Waals surface area contributed by atoms with E-state index in [9.17, 15) is 30.0 Å². The Morgan fingerprint density at radius 2 is 1.27 bits per heavy atom. The van der Waals surface area contributed by atoms with Crippen molar-refractivity contribution in [2.45, 2.75) is 111 Å². The second-order valence-corrected chi connectivity index (χ2v) is 19.5. The van der Waals surface area contributed by atoms with E-state index in [4.69, 9.17) is 9.47 Å². The molecule has 0 aliphatic heterocycles. The van der Waals surface area contributed by atoms with Crippen molar-refractivity contribution in [1.29, 1.82) is 0 Å². The molecular weight excluding hydrogens is 705 g/mol. The predicted molar refractivity (Wildman–Crippen MR) is 216 cm³/mol. The van der Waals surface area contributed by atoms with Gasteiger partial charge in [-0.05, 0) is 108 Å². The number of esters is 2. The van der Waals surface area contributed by atoms with Crippen LogP contribution in [0.25, 0.3) is 12.2 Å². The van der Waals surface area contributed by atoms with Crippen LogP contribution in [0.2, 0.25) is 0 Å². The Balaban J connectivity index is 1.18. The van der Waals surface area contributed by atoms with Crippen molar-refractivity contribution in [2.75, 3.05) is 13.2 Å². The summed E-state index contributed by atoms with van der Waals surface area (Å²) >= 11 is 0. The van der Waals surface area contributed by atoms with Gasteiger partial charge in [0.25, 0.3) is 0 Å². The molecule has 0 aromatic heterocycles. The van der Waals surface area contributed by atoms with Crippen LogP contribution in [0.5, 0.6) is 0 Å². The topological polar surface area (TPSA) is 134 Å². The third-order valence-corrected chi connectivity index (χ3v) is 16.3. The van der Waals surface area contributed by atoms with E-state index in [1.807, 2.05) is 74.5 Å². The van der Waals surface area contributed by atoms with Gasteiger partial charge in [0, 0.05) is 17.6 Å². The van der Waals surface area contributed by atoms with Crippen LogP contribution in [0.3, 0.4) is 0 Å². The normalized spacial score (nSPS) is 41.5. The SMILES string of the molecule is CC1(C)CC2C3=CCC4[C@@]5(C)CC[C@H](O)[C@](C)(COC(=O)C=Cc6ccccc6)C5CC[C@@]4(C)[C@]3(C)C[C@@H](O)[C@@]2(COC(=O)C=Cc2ccccc2)[C@@H](O)[C@@H]1O. The highest BCUT2D eigenvalue weighted by atomic mass is 16.5. The molecule has 8 nitrogen and oxygen atoms in total. The van der Waals surface area contributed by atoms with Crippen LogP contribution in [0.1, 0.15) is 97.6 Å². The van der Waals surface area contributed by atoms with Crippen molar-refractivity contribution in [3.8, 4) is 0 Å². The fourth-order valence-electron chi connectivity index (χ4n) is 12.9. The van der Waals surface area contributed by atoms with Crippen LogP contribution in [0.15, 0.2) is 84.5 Å². The monoisotopic (exact) mass is 766 g/mol. The molecule has 4 fully saturated rings. The van der Waals surface area contributed by atoms with E-state index in [2.05, 4.69) is 33.8 Å². The zero-order valence-corrected chi connectivity index (χ0v) is 34.0. The molecule has 2 aromatic rings. The Bertz CT molecular complexity index is 1870. The lowest BCUT2D eigenvalue weighted by atomic mass is 9.33. The largest absolute Gasteiger partial charge is 0.462 e. The number of hydrogen-bond donors (Lipinski definition) is 4. The lowest BCUT2D eigenvalue weighted by Crippen LogP contribution is -2.72. The molecule has 5 aliphatic carbocycles. The summed E-state index contributed by atoms with van der Waals surface area (Å²) in [6.07, 6.45) is 9.35. The molecule has 0 heterocycles. The Labute approximate surface area is 332 Å². The Morgan fingerprint density at radius 1 is 0.696 bits per heavy atom. The van der Waals surface area contributed by atoms with Gasteiger partial charge in [-0.2, -0.15) is 0 Å². The maximum atomic E-state index is 13.2. The minimum Gasteiger partial charge on any atom is -0.462 e. The molecule has 2 aromatic carbocycles. The molecule has 3 unspecified atom stereocenters. The number of hydrogen-bond acceptors (Lipinski definition) is 8. The molecule has 0 bridgehead atoms. The number of allylic oxidation sites excluding steroid dienone is 2. The van der Waals surface area contributed by atoms with Gasteiger partial charge < -0.3 is 29.9 Å². The number of aliphatic hydroxyl groups excluding tert-OH is 4. The summed E-state index contributed by atoms with van der Waals surface area (Å²) in [5.74, 6) is -1.00. The zero-order valence-electron chi connectivity index (χ0n) is 34.0. The van der Waals surface area contributed by atoms with E-state index in [1.165, 1.54) is 17.7 Å². The third-order valence-electron chi connectivity index (χ3n) is 16.3. The summed E-state index contributed by atoms with van der Waals surface area (Å²) in [7, 11) is 0. The van der Waals surface area contributed by atoms with Gasteiger partial charge in [-0.15, -0.1) is 0 Å². The molecule has 5 aliphatic rings. The Hall–Kier alpha value is -3.56.